The summed E-state index contributed by atoms with van der Waals surface area (Å²) < 4.78 is 14.2. The van der Waals surface area contributed by atoms with Gasteiger partial charge in [-0.1, -0.05) is 0 Å². The normalized spacial score (nSPS) is 16.1. The Kier molecular flexibility index (Phi) is 5.34. The number of hydrogen-bond donors (Lipinski definition) is 1. The van der Waals surface area contributed by atoms with Crippen LogP contribution in [0.25, 0.3) is 11.3 Å². The van der Waals surface area contributed by atoms with E-state index in [0.717, 1.165) is 4.68 Å². The minimum Gasteiger partial charge on any atom is -0.369 e. The molecule has 1 aromatic carbocycles. The van der Waals surface area contributed by atoms with Crippen molar-refractivity contribution < 1.29 is 14.0 Å². The molecular weight excluding hydrogens is 351 g/mol. The van der Waals surface area contributed by atoms with Gasteiger partial charge in [0.25, 0.3) is 5.56 Å². The molecule has 1 unspecified atom stereocenters. The molecule has 1 aromatic heterocycles. The number of piperidine rings is 1. The summed E-state index contributed by atoms with van der Waals surface area (Å²) in [4.78, 5) is 37.9. The molecule has 2 aromatic rings. The summed E-state index contributed by atoms with van der Waals surface area (Å²) in [6.45, 7) is 2.46. The molecule has 0 saturated carbocycles. The van der Waals surface area contributed by atoms with E-state index in [0.29, 0.717) is 37.2 Å². The summed E-state index contributed by atoms with van der Waals surface area (Å²) >= 11 is 0. The van der Waals surface area contributed by atoms with E-state index in [9.17, 15) is 18.8 Å². The van der Waals surface area contributed by atoms with Gasteiger partial charge in [-0.05, 0) is 50.1 Å². The van der Waals surface area contributed by atoms with Gasteiger partial charge >= 0.3 is 0 Å². The standard InChI is InChI=1S/C19H21FN4O3/c1-12(19(27)23-10-8-14(9-11-23)18(21)26)24-17(25)7-6-16(22-24)13-2-4-15(20)5-3-13/h2-7,12,14H,8-11H2,1H3,(H2,21,26). The highest BCUT2D eigenvalue weighted by Gasteiger charge is 2.29. The monoisotopic (exact) mass is 372 g/mol. The van der Waals surface area contributed by atoms with E-state index >= 15 is 0 Å². The third-order valence-electron chi connectivity index (χ3n) is 4.90. The Balaban J connectivity index is 1.80. The highest BCUT2D eigenvalue weighted by molar-refractivity contribution is 5.81. The first kappa shape index (κ1) is 18.8. The van der Waals surface area contributed by atoms with E-state index in [1.165, 1.54) is 18.2 Å². The van der Waals surface area contributed by atoms with Gasteiger partial charge in [-0.3, -0.25) is 14.4 Å². The van der Waals surface area contributed by atoms with E-state index in [2.05, 4.69) is 5.10 Å². The summed E-state index contributed by atoms with van der Waals surface area (Å²) in [5.41, 5.74) is 6.04. The molecule has 2 N–H and O–H groups in total. The van der Waals surface area contributed by atoms with E-state index < -0.39 is 11.6 Å². The van der Waals surface area contributed by atoms with Gasteiger partial charge in [0.05, 0.1) is 5.69 Å². The zero-order valence-corrected chi connectivity index (χ0v) is 15.0. The van der Waals surface area contributed by atoms with Crippen molar-refractivity contribution in [2.75, 3.05) is 13.1 Å². The van der Waals surface area contributed by atoms with E-state index in [1.54, 1.807) is 30.0 Å². The van der Waals surface area contributed by atoms with Crippen molar-refractivity contribution in [3.8, 4) is 11.3 Å². The Morgan fingerprint density at radius 2 is 1.78 bits per heavy atom. The van der Waals surface area contributed by atoms with Gasteiger partial charge in [0.1, 0.15) is 11.9 Å². The third-order valence-corrected chi connectivity index (χ3v) is 4.90. The van der Waals surface area contributed by atoms with Crippen LogP contribution in [0.5, 0.6) is 0 Å². The Bertz CT molecular complexity index is 902. The van der Waals surface area contributed by atoms with Crippen molar-refractivity contribution in [1.82, 2.24) is 14.7 Å². The average Bonchev–Trinajstić information content (AvgIpc) is 2.68. The largest absolute Gasteiger partial charge is 0.369 e. The van der Waals surface area contributed by atoms with Crippen molar-refractivity contribution >= 4 is 11.8 Å². The van der Waals surface area contributed by atoms with Gasteiger partial charge in [0.15, 0.2) is 0 Å². The van der Waals surface area contributed by atoms with E-state index in [4.69, 9.17) is 5.73 Å². The number of likely N-dealkylation sites (tertiary alicyclic amines) is 1. The Morgan fingerprint density at radius 3 is 2.37 bits per heavy atom. The minimum absolute atomic E-state index is 0.216. The summed E-state index contributed by atoms with van der Waals surface area (Å²) in [6, 6.07) is 7.84. The van der Waals surface area contributed by atoms with Gasteiger partial charge in [-0.25, -0.2) is 9.07 Å². The molecule has 1 fully saturated rings. The molecular formula is C19H21FN4O3. The van der Waals surface area contributed by atoms with Crippen molar-refractivity contribution in [2.24, 2.45) is 11.7 Å². The van der Waals surface area contributed by atoms with Crippen molar-refractivity contribution in [3.05, 3.63) is 52.6 Å². The van der Waals surface area contributed by atoms with Gasteiger partial charge < -0.3 is 10.6 Å². The Hall–Kier alpha value is -3.03. The first-order valence-corrected chi connectivity index (χ1v) is 8.80. The fraction of sp³-hybridized carbons (Fsp3) is 0.368. The zero-order valence-electron chi connectivity index (χ0n) is 15.0. The van der Waals surface area contributed by atoms with Crippen LogP contribution in [0.4, 0.5) is 4.39 Å². The lowest BCUT2D eigenvalue weighted by atomic mass is 9.96. The summed E-state index contributed by atoms with van der Waals surface area (Å²) in [5, 5.41) is 4.29. The summed E-state index contributed by atoms with van der Waals surface area (Å²) in [7, 11) is 0. The molecule has 2 amide bonds. The molecule has 2 heterocycles. The third kappa shape index (κ3) is 4.05. The van der Waals surface area contributed by atoms with Crippen LogP contribution >= 0.6 is 0 Å². The van der Waals surface area contributed by atoms with E-state index in [1.807, 2.05) is 0 Å². The second-order valence-electron chi connectivity index (χ2n) is 6.69. The number of carbonyl (C=O) groups excluding carboxylic acids is 2. The van der Waals surface area contributed by atoms with E-state index in [-0.39, 0.29) is 23.5 Å². The molecule has 1 aliphatic rings. The molecule has 1 saturated heterocycles. The molecule has 1 atom stereocenters. The lowest BCUT2D eigenvalue weighted by molar-refractivity contribution is -0.137. The molecule has 0 aliphatic carbocycles. The van der Waals surface area contributed by atoms with Crippen LogP contribution in [0.15, 0.2) is 41.2 Å². The quantitative estimate of drug-likeness (QED) is 0.875. The Labute approximate surface area is 155 Å². The maximum atomic E-state index is 13.1. The number of carbonyl (C=O) groups is 2. The number of hydrogen-bond acceptors (Lipinski definition) is 4. The zero-order chi connectivity index (χ0) is 19.6. The maximum absolute atomic E-state index is 13.1. The maximum Gasteiger partial charge on any atom is 0.267 e. The van der Waals surface area contributed by atoms with Crippen molar-refractivity contribution in [1.29, 1.82) is 0 Å². The van der Waals surface area contributed by atoms with Crippen LogP contribution in [-0.2, 0) is 9.59 Å². The number of rotatable bonds is 4. The number of benzene rings is 1. The number of halogens is 1. The van der Waals surface area contributed by atoms with Crippen LogP contribution < -0.4 is 11.3 Å². The van der Waals surface area contributed by atoms with Crippen LogP contribution in [0.2, 0.25) is 0 Å². The fourth-order valence-electron chi connectivity index (χ4n) is 3.23. The summed E-state index contributed by atoms with van der Waals surface area (Å²) in [5.74, 6) is -1.16. The first-order valence-electron chi connectivity index (χ1n) is 8.80. The molecule has 7 nitrogen and oxygen atoms in total. The predicted octanol–water partition coefficient (Wildman–Crippen LogP) is 1.33. The lowest BCUT2D eigenvalue weighted by Gasteiger charge is -2.32. The van der Waals surface area contributed by atoms with Crippen molar-refractivity contribution in [3.63, 3.8) is 0 Å². The number of aromatic nitrogens is 2. The second kappa shape index (κ2) is 7.69. The van der Waals surface area contributed by atoms with Crippen LogP contribution in [-0.4, -0.2) is 39.6 Å². The van der Waals surface area contributed by atoms with Gasteiger partial charge in [0.2, 0.25) is 11.8 Å². The van der Waals surface area contributed by atoms with Gasteiger partial charge in [-0.2, -0.15) is 5.10 Å². The molecule has 0 spiro atoms. The smallest absolute Gasteiger partial charge is 0.267 e. The van der Waals surface area contributed by atoms with Gasteiger partial charge in [-0.15, -0.1) is 0 Å². The number of amides is 2. The molecule has 142 valence electrons. The highest BCUT2D eigenvalue weighted by Crippen LogP contribution is 2.20. The first-order chi connectivity index (χ1) is 12.9. The Morgan fingerprint density at radius 1 is 1.15 bits per heavy atom. The fourth-order valence-corrected chi connectivity index (χ4v) is 3.23. The summed E-state index contributed by atoms with van der Waals surface area (Å²) in [6.07, 6.45) is 1.04. The van der Waals surface area contributed by atoms with Crippen LogP contribution in [0.1, 0.15) is 25.8 Å². The molecule has 3 rings (SSSR count). The second-order valence-corrected chi connectivity index (χ2v) is 6.69. The SMILES string of the molecule is CC(C(=O)N1CCC(C(N)=O)CC1)n1nc(-c2ccc(F)cc2)ccc1=O. The number of nitrogens with two attached hydrogens (primary N) is 1. The topological polar surface area (TPSA) is 98.3 Å². The molecule has 0 radical (unpaired) electrons. The van der Waals surface area contributed by atoms with Crippen LogP contribution in [0, 0.1) is 11.7 Å². The highest BCUT2D eigenvalue weighted by atomic mass is 19.1. The predicted molar refractivity (Wildman–Crippen MR) is 97.1 cm³/mol. The molecule has 0 bridgehead atoms. The average molecular weight is 372 g/mol. The number of nitrogens with zero attached hydrogens (tertiary/aromatic N) is 3. The molecule has 8 heteroatoms. The molecule has 27 heavy (non-hydrogen) atoms. The number of primary amides is 1. The van der Waals surface area contributed by atoms with Crippen molar-refractivity contribution in [2.45, 2.75) is 25.8 Å². The molecule has 1 aliphatic heterocycles. The minimum atomic E-state index is -0.789. The lowest BCUT2D eigenvalue weighted by Crippen LogP contribution is -2.45. The van der Waals surface area contributed by atoms with Crippen LogP contribution in [0.3, 0.4) is 0 Å². The van der Waals surface area contributed by atoms with Gasteiger partial charge in [0, 0.05) is 30.6 Å².